The van der Waals surface area contributed by atoms with Gasteiger partial charge in [0.05, 0.1) is 7.11 Å². The van der Waals surface area contributed by atoms with Crippen molar-refractivity contribution in [3.8, 4) is 16.9 Å². The summed E-state index contributed by atoms with van der Waals surface area (Å²) in [5, 5.41) is 0. The molecule has 2 heteroatoms. The SMILES string of the molecule is COc1ccc(-c2ccc(I)cc2C)cc1. The molecule has 2 aromatic rings. The molecule has 0 unspecified atom stereocenters. The van der Waals surface area contributed by atoms with Crippen LogP contribution in [0.15, 0.2) is 42.5 Å². The fourth-order valence-electron chi connectivity index (χ4n) is 1.72. The molecule has 0 bridgehead atoms. The topological polar surface area (TPSA) is 9.23 Å². The van der Waals surface area contributed by atoms with Gasteiger partial charge >= 0.3 is 0 Å². The van der Waals surface area contributed by atoms with Crippen LogP contribution < -0.4 is 4.74 Å². The average molecular weight is 324 g/mol. The summed E-state index contributed by atoms with van der Waals surface area (Å²) < 4.78 is 6.42. The highest BCUT2D eigenvalue weighted by Crippen LogP contribution is 2.26. The van der Waals surface area contributed by atoms with E-state index in [0.29, 0.717) is 0 Å². The van der Waals surface area contributed by atoms with E-state index in [2.05, 4.69) is 59.8 Å². The molecule has 0 amide bonds. The second kappa shape index (κ2) is 4.87. The van der Waals surface area contributed by atoms with Gasteiger partial charge in [-0.15, -0.1) is 0 Å². The second-order valence-electron chi connectivity index (χ2n) is 3.69. The molecule has 0 saturated carbocycles. The molecule has 0 N–H and O–H groups in total. The van der Waals surface area contributed by atoms with Crippen molar-refractivity contribution in [3.05, 3.63) is 51.6 Å². The van der Waals surface area contributed by atoms with Gasteiger partial charge in [-0.3, -0.25) is 0 Å². The Kier molecular flexibility index (Phi) is 3.49. The molecule has 0 aromatic heterocycles. The zero-order valence-electron chi connectivity index (χ0n) is 9.33. The van der Waals surface area contributed by atoms with Crippen LogP contribution >= 0.6 is 22.6 Å². The summed E-state index contributed by atoms with van der Waals surface area (Å²) in [6, 6.07) is 14.7. The highest BCUT2D eigenvalue weighted by atomic mass is 127. The molecule has 16 heavy (non-hydrogen) atoms. The minimum Gasteiger partial charge on any atom is -0.497 e. The minimum absolute atomic E-state index is 0.895. The monoisotopic (exact) mass is 324 g/mol. The number of hydrogen-bond acceptors (Lipinski definition) is 1. The maximum Gasteiger partial charge on any atom is 0.118 e. The lowest BCUT2D eigenvalue weighted by molar-refractivity contribution is 0.415. The summed E-state index contributed by atoms with van der Waals surface area (Å²) in [4.78, 5) is 0. The van der Waals surface area contributed by atoms with Gasteiger partial charge in [0.1, 0.15) is 5.75 Å². The quantitative estimate of drug-likeness (QED) is 0.750. The first-order valence-corrected chi connectivity index (χ1v) is 6.19. The number of hydrogen-bond donors (Lipinski definition) is 0. The van der Waals surface area contributed by atoms with Crippen molar-refractivity contribution >= 4 is 22.6 Å². The number of ether oxygens (including phenoxy) is 1. The highest BCUT2D eigenvalue weighted by molar-refractivity contribution is 14.1. The van der Waals surface area contributed by atoms with Gasteiger partial charge < -0.3 is 4.74 Å². The zero-order chi connectivity index (χ0) is 11.5. The number of methoxy groups -OCH3 is 1. The Labute approximate surface area is 110 Å². The van der Waals surface area contributed by atoms with Crippen molar-refractivity contribution in [3.63, 3.8) is 0 Å². The van der Waals surface area contributed by atoms with E-state index in [-0.39, 0.29) is 0 Å². The van der Waals surface area contributed by atoms with Crippen molar-refractivity contribution in [1.82, 2.24) is 0 Å². The number of halogens is 1. The maximum atomic E-state index is 5.15. The lowest BCUT2D eigenvalue weighted by Gasteiger charge is -2.07. The van der Waals surface area contributed by atoms with Gasteiger partial charge in [-0.05, 0) is 70.5 Å². The van der Waals surface area contributed by atoms with E-state index in [1.54, 1.807) is 7.11 Å². The molecule has 0 aliphatic carbocycles. The van der Waals surface area contributed by atoms with Gasteiger partial charge in [0.15, 0.2) is 0 Å². The van der Waals surface area contributed by atoms with Gasteiger partial charge in [0, 0.05) is 3.57 Å². The summed E-state index contributed by atoms with van der Waals surface area (Å²) in [5.41, 5.74) is 3.81. The molecular weight excluding hydrogens is 311 g/mol. The molecule has 0 spiro atoms. The van der Waals surface area contributed by atoms with Gasteiger partial charge in [0.25, 0.3) is 0 Å². The zero-order valence-corrected chi connectivity index (χ0v) is 11.5. The van der Waals surface area contributed by atoms with Crippen LogP contribution in [-0.4, -0.2) is 7.11 Å². The largest absolute Gasteiger partial charge is 0.497 e. The molecule has 1 nitrogen and oxygen atoms in total. The Morgan fingerprint density at radius 1 is 1.00 bits per heavy atom. The molecule has 2 rings (SSSR count). The number of benzene rings is 2. The van der Waals surface area contributed by atoms with Gasteiger partial charge in [-0.25, -0.2) is 0 Å². The van der Waals surface area contributed by atoms with Crippen molar-refractivity contribution in [2.75, 3.05) is 7.11 Å². The van der Waals surface area contributed by atoms with E-state index < -0.39 is 0 Å². The standard InChI is InChI=1S/C14H13IO/c1-10-9-12(15)5-8-14(10)11-3-6-13(16-2)7-4-11/h3-9H,1-2H3. The molecule has 0 fully saturated rings. The highest BCUT2D eigenvalue weighted by Gasteiger charge is 2.02. The Morgan fingerprint density at radius 3 is 2.25 bits per heavy atom. The van der Waals surface area contributed by atoms with Crippen LogP contribution in [0.2, 0.25) is 0 Å². The van der Waals surface area contributed by atoms with E-state index in [4.69, 9.17) is 4.74 Å². The Morgan fingerprint density at radius 2 is 1.69 bits per heavy atom. The molecule has 0 atom stereocenters. The fourth-order valence-corrected chi connectivity index (χ4v) is 2.37. The van der Waals surface area contributed by atoms with Gasteiger partial charge in [-0.1, -0.05) is 18.2 Å². The van der Waals surface area contributed by atoms with Crippen LogP contribution in [0.3, 0.4) is 0 Å². The van der Waals surface area contributed by atoms with Gasteiger partial charge in [-0.2, -0.15) is 0 Å². The summed E-state index contributed by atoms with van der Waals surface area (Å²) in [7, 11) is 1.69. The number of rotatable bonds is 2. The van der Waals surface area contributed by atoms with E-state index in [1.807, 2.05) is 12.1 Å². The van der Waals surface area contributed by atoms with E-state index in [1.165, 1.54) is 20.3 Å². The van der Waals surface area contributed by atoms with Crippen molar-refractivity contribution in [2.24, 2.45) is 0 Å². The number of aryl methyl sites for hydroxylation is 1. The first kappa shape index (κ1) is 11.5. The maximum absolute atomic E-state index is 5.15. The molecule has 82 valence electrons. The van der Waals surface area contributed by atoms with Crippen molar-refractivity contribution in [2.45, 2.75) is 6.92 Å². The summed E-state index contributed by atoms with van der Waals surface area (Å²) in [6.45, 7) is 2.14. The van der Waals surface area contributed by atoms with E-state index in [9.17, 15) is 0 Å². The van der Waals surface area contributed by atoms with Gasteiger partial charge in [0.2, 0.25) is 0 Å². The third-order valence-electron chi connectivity index (χ3n) is 2.59. The molecule has 0 heterocycles. The van der Waals surface area contributed by atoms with Crippen LogP contribution in [0.4, 0.5) is 0 Å². The van der Waals surface area contributed by atoms with Crippen LogP contribution in [0.25, 0.3) is 11.1 Å². The Hall–Kier alpha value is -1.03. The normalized spacial score (nSPS) is 10.2. The molecule has 2 aromatic carbocycles. The second-order valence-corrected chi connectivity index (χ2v) is 4.93. The third kappa shape index (κ3) is 2.38. The lowest BCUT2D eigenvalue weighted by atomic mass is 10.0. The molecular formula is C14H13IO. The smallest absolute Gasteiger partial charge is 0.118 e. The summed E-state index contributed by atoms with van der Waals surface area (Å²) in [6.07, 6.45) is 0. The van der Waals surface area contributed by atoms with E-state index >= 15 is 0 Å². The van der Waals surface area contributed by atoms with Crippen molar-refractivity contribution < 1.29 is 4.74 Å². The minimum atomic E-state index is 0.895. The van der Waals surface area contributed by atoms with Crippen LogP contribution in [0.5, 0.6) is 5.75 Å². The molecule has 0 radical (unpaired) electrons. The van der Waals surface area contributed by atoms with Crippen LogP contribution in [0, 0.1) is 10.5 Å². The van der Waals surface area contributed by atoms with E-state index in [0.717, 1.165) is 5.75 Å². The van der Waals surface area contributed by atoms with Crippen LogP contribution in [-0.2, 0) is 0 Å². The Balaban J connectivity index is 2.42. The predicted octanol–water partition coefficient (Wildman–Crippen LogP) is 4.28. The summed E-state index contributed by atoms with van der Waals surface area (Å²) >= 11 is 2.33. The predicted molar refractivity (Wildman–Crippen MR) is 75.9 cm³/mol. The lowest BCUT2D eigenvalue weighted by Crippen LogP contribution is -1.86. The molecule has 0 aliphatic heterocycles. The average Bonchev–Trinajstić information content (AvgIpc) is 2.29. The first-order chi connectivity index (χ1) is 7.70. The Bertz CT molecular complexity index is 489. The third-order valence-corrected chi connectivity index (χ3v) is 3.26. The first-order valence-electron chi connectivity index (χ1n) is 5.11. The summed E-state index contributed by atoms with van der Waals surface area (Å²) in [5.74, 6) is 0.895. The molecule has 0 saturated heterocycles. The fraction of sp³-hybridized carbons (Fsp3) is 0.143. The van der Waals surface area contributed by atoms with Crippen molar-refractivity contribution in [1.29, 1.82) is 0 Å². The molecule has 0 aliphatic rings. The van der Waals surface area contributed by atoms with Crippen LogP contribution in [0.1, 0.15) is 5.56 Å².